The quantitative estimate of drug-likeness (QED) is 0.544. The molecule has 8 nitrogen and oxygen atoms in total. The zero-order valence-electron chi connectivity index (χ0n) is 10.4. The highest BCUT2D eigenvalue weighted by molar-refractivity contribution is 7.71. The smallest absolute Gasteiger partial charge is 0.354 e. The van der Waals surface area contributed by atoms with Gasteiger partial charge >= 0.3 is 11.7 Å². The molecule has 0 unspecified atom stereocenters. The third-order valence-electron chi connectivity index (χ3n) is 3.37. The number of hydrogen-bond acceptors (Lipinski definition) is 7. The first kappa shape index (κ1) is 13.4. The zero-order chi connectivity index (χ0) is 14.4. The van der Waals surface area contributed by atoms with Gasteiger partial charge in [-0.1, -0.05) is 6.08 Å². The Morgan fingerprint density at radius 2 is 2.30 bits per heavy atom. The van der Waals surface area contributed by atoms with Crippen LogP contribution >= 0.6 is 12.2 Å². The van der Waals surface area contributed by atoms with Crippen LogP contribution in [0.2, 0.25) is 0 Å². The molecule has 1 saturated heterocycles. The largest absolute Gasteiger partial charge is 0.453 e. The molecule has 2 aliphatic heterocycles. The summed E-state index contributed by atoms with van der Waals surface area (Å²) >= 11 is 5.24. The first-order valence-electron chi connectivity index (χ1n) is 6.03. The van der Waals surface area contributed by atoms with Gasteiger partial charge in [-0.15, -0.1) is 11.6 Å². The molecule has 2 N–H and O–H groups in total. The van der Waals surface area contributed by atoms with Crippen LogP contribution in [0.5, 0.6) is 6.01 Å². The molecule has 1 aromatic rings. The standard InChI is InChI=1S/C11H13N3O5S/c1-2-3-13-9(17)12-10-14(11(13)20)8-7(19-10)6(16)5(4-15)18-8/h2,5-8,15-16H,1,3-4H2/t5-,6-,7+,8-/m1/s1. The third-order valence-corrected chi connectivity index (χ3v) is 3.78. The first-order valence-corrected chi connectivity index (χ1v) is 6.44. The van der Waals surface area contributed by atoms with Crippen LogP contribution in [-0.4, -0.2) is 49.3 Å². The van der Waals surface area contributed by atoms with Gasteiger partial charge in [0, 0.05) is 6.54 Å². The van der Waals surface area contributed by atoms with Crippen molar-refractivity contribution in [3.05, 3.63) is 27.9 Å². The van der Waals surface area contributed by atoms with Crippen molar-refractivity contribution in [3.63, 3.8) is 0 Å². The SMILES string of the molecule is C=CCn1c(=O)nc2n(c1=S)[C@@H]1O[C@H](CO)[C@@H](O)[C@@H]1O2. The molecule has 20 heavy (non-hydrogen) atoms. The maximum atomic E-state index is 11.8. The number of allylic oxidation sites excluding steroid dienone is 1. The van der Waals surface area contributed by atoms with Crippen molar-refractivity contribution < 1.29 is 19.7 Å². The number of fused-ring (bicyclic) bond motifs is 3. The van der Waals surface area contributed by atoms with Crippen molar-refractivity contribution >= 4 is 12.2 Å². The van der Waals surface area contributed by atoms with E-state index in [4.69, 9.17) is 26.8 Å². The van der Waals surface area contributed by atoms with Gasteiger partial charge < -0.3 is 19.7 Å². The van der Waals surface area contributed by atoms with Crippen LogP contribution < -0.4 is 10.4 Å². The van der Waals surface area contributed by atoms with E-state index in [-0.39, 0.29) is 23.9 Å². The Morgan fingerprint density at radius 3 is 2.95 bits per heavy atom. The Kier molecular flexibility index (Phi) is 3.21. The van der Waals surface area contributed by atoms with Gasteiger partial charge in [0.1, 0.15) is 12.2 Å². The molecule has 3 rings (SSSR count). The maximum Gasteiger partial charge on any atom is 0.354 e. The van der Waals surface area contributed by atoms with E-state index in [0.717, 1.165) is 0 Å². The molecule has 108 valence electrons. The third kappa shape index (κ3) is 1.74. The molecule has 0 radical (unpaired) electrons. The van der Waals surface area contributed by atoms with Gasteiger partial charge in [0.05, 0.1) is 6.61 Å². The summed E-state index contributed by atoms with van der Waals surface area (Å²) in [6.45, 7) is 3.44. The van der Waals surface area contributed by atoms with E-state index in [9.17, 15) is 9.90 Å². The van der Waals surface area contributed by atoms with Gasteiger partial charge in [0.25, 0.3) is 0 Å². The molecule has 3 heterocycles. The van der Waals surface area contributed by atoms with Crippen molar-refractivity contribution in [2.24, 2.45) is 0 Å². The number of nitrogens with zero attached hydrogens (tertiary/aromatic N) is 3. The van der Waals surface area contributed by atoms with E-state index in [1.54, 1.807) is 0 Å². The summed E-state index contributed by atoms with van der Waals surface area (Å²) in [5.74, 6) is 0. The van der Waals surface area contributed by atoms with Gasteiger partial charge in [-0.2, -0.15) is 0 Å². The van der Waals surface area contributed by atoms with Crippen LogP contribution in [0.1, 0.15) is 6.23 Å². The van der Waals surface area contributed by atoms with Crippen LogP contribution in [0.15, 0.2) is 17.4 Å². The molecule has 2 aliphatic rings. The lowest BCUT2D eigenvalue weighted by molar-refractivity contribution is -0.0445. The van der Waals surface area contributed by atoms with Gasteiger partial charge in [0.15, 0.2) is 17.1 Å². The van der Waals surface area contributed by atoms with Crippen LogP contribution in [0, 0.1) is 4.77 Å². The molecule has 0 aromatic carbocycles. The molecular formula is C11H13N3O5S. The second-order valence-electron chi connectivity index (χ2n) is 4.55. The first-order chi connectivity index (χ1) is 9.58. The fraction of sp³-hybridized carbons (Fsp3) is 0.545. The molecule has 0 saturated carbocycles. The lowest BCUT2D eigenvalue weighted by atomic mass is 10.1. The predicted molar refractivity (Wildman–Crippen MR) is 68.9 cm³/mol. The molecule has 0 aliphatic carbocycles. The van der Waals surface area contributed by atoms with Gasteiger partial charge in [-0.25, -0.2) is 9.36 Å². The Balaban J connectivity index is 2.10. The van der Waals surface area contributed by atoms with Gasteiger partial charge in [-0.05, 0) is 12.2 Å². The number of ether oxygens (including phenoxy) is 2. The van der Waals surface area contributed by atoms with Crippen molar-refractivity contribution in [1.29, 1.82) is 0 Å². The normalized spacial score (nSPS) is 30.7. The zero-order valence-corrected chi connectivity index (χ0v) is 11.2. The van der Waals surface area contributed by atoms with E-state index in [1.807, 2.05) is 0 Å². The van der Waals surface area contributed by atoms with Crippen LogP contribution in [0.4, 0.5) is 0 Å². The highest BCUT2D eigenvalue weighted by atomic mass is 32.1. The molecule has 1 aromatic heterocycles. The Hall–Kier alpha value is -1.55. The molecule has 9 heteroatoms. The Morgan fingerprint density at radius 1 is 1.55 bits per heavy atom. The van der Waals surface area contributed by atoms with Crippen molar-refractivity contribution in [2.45, 2.75) is 31.1 Å². The van der Waals surface area contributed by atoms with Gasteiger partial charge in [-0.3, -0.25) is 4.57 Å². The summed E-state index contributed by atoms with van der Waals surface area (Å²) in [5.41, 5.74) is -0.547. The summed E-state index contributed by atoms with van der Waals surface area (Å²) in [5, 5.41) is 19.1. The highest BCUT2D eigenvalue weighted by Gasteiger charge is 2.51. The highest BCUT2D eigenvalue weighted by Crippen LogP contribution is 2.39. The van der Waals surface area contributed by atoms with E-state index < -0.39 is 30.2 Å². The summed E-state index contributed by atoms with van der Waals surface area (Å²) in [7, 11) is 0. The van der Waals surface area contributed by atoms with Crippen LogP contribution in [0.3, 0.4) is 0 Å². The van der Waals surface area contributed by atoms with Crippen molar-refractivity contribution in [2.75, 3.05) is 6.61 Å². The fourth-order valence-corrected chi connectivity index (χ4v) is 2.74. The Bertz CT molecular complexity index is 669. The number of rotatable bonds is 3. The second kappa shape index (κ2) is 4.77. The molecule has 0 amide bonds. The molecule has 1 fully saturated rings. The molecule has 0 bridgehead atoms. The monoisotopic (exact) mass is 299 g/mol. The van der Waals surface area contributed by atoms with Crippen molar-refractivity contribution in [3.8, 4) is 6.01 Å². The number of aliphatic hydroxyl groups is 2. The molecular weight excluding hydrogens is 286 g/mol. The van der Waals surface area contributed by atoms with E-state index in [1.165, 1.54) is 15.2 Å². The topological polar surface area (TPSA) is 98.7 Å². The van der Waals surface area contributed by atoms with E-state index in [2.05, 4.69) is 11.6 Å². The van der Waals surface area contributed by atoms with Crippen LogP contribution in [-0.2, 0) is 11.3 Å². The molecule has 0 spiro atoms. The maximum absolute atomic E-state index is 11.8. The van der Waals surface area contributed by atoms with E-state index >= 15 is 0 Å². The average molecular weight is 299 g/mol. The minimum absolute atomic E-state index is 0.0192. The summed E-state index contributed by atoms with van der Waals surface area (Å²) < 4.78 is 13.8. The minimum Gasteiger partial charge on any atom is -0.453 e. The summed E-state index contributed by atoms with van der Waals surface area (Å²) in [4.78, 5) is 15.6. The number of aromatic nitrogens is 3. The minimum atomic E-state index is -1.01. The summed E-state index contributed by atoms with van der Waals surface area (Å²) in [6.07, 6.45) is -1.67. The average Bonchev–Trinajstić information content (AvgIpc) is 2.91. The predicted octanol–water partition coefficient (Wildman–Crippen LogP) is -1.03. The Labute approximate surface area is 118 Å². The second-order valence-corrected chi connectivity index (χ2v) is 4.91. The summed E-state index contributed by atoms with van der Waals surface area (Å²) in [6, 6.07) is 0.0192. The number of aliphatic hydroxyl groups excluding tert-OH is 2. The number of hydrogen-bond donors (Lipinski definition) is 2. The van der Waals surface area contributed by atoms with Crippen LogP contribution in [0.25, 0.3) is 0 Å². The molecule has 4 atom stereocenters. The van der Waals surface area contributed by atoms with Crippen molar-refractivity contribution in [1.82, 2.24) is 14.1 Å². The fourth-order valence-electron chi connectivity index (χ4n) is 2.40. The van der Waals surface area contributed by atoms with E-state index in [0.29, 0.717) is 0 Å². The lowest BCUT2D eigenvalue weighted by Gasteiger charge is -2.15. The van der Waals surface area contributed by atoms with Gasteiger partial charge in [0.2, 0.25) is 0 Å². The lowest BCUT2D eigenvalue weighted by Crippen LogP contribution is -2.35.